The largest absolute Gasteiger partial charge is 0.328 e. The van der Waals surface area contributed by atoms with E-state index < -0.39 is 0 Å². The smallest absolute Gasteiger partial charge is 0.226 e. The molecule has 0 bridgehead atoms. The Morgan fingerprint density at radius 1 is 0.967 bits per heavy atom. The van der Waals surface area contributed by atoms with Crippen molar-refractivity contribution < 1.29 is 4.79 Å². The topological polar surface area (TPSA) is 72.7 Å². The third kappa shape index (κ3) is 2.57. The first-order valence-corrected chi connectivity index (χ1v) is 10.2. The van der Waals surface area contributed by atoms with E-state index in [9.17, 15) is 4.79 Å². The van der Waals surface area contributed by atoms with E-state index >= 15 is 0 Å². The molecule has 3 heterocycles. The average Bonchev–Trinajstić information content (AvgIpc) is 3.21. The van der Waals surface area contributed by atoms with E-state index in [0.717, 1.165) is 46.0 Å². The lowest BCUT2D eigenvalue weighted by molar-refractivity contribution is -0.116. The zero-order chi connectivity index (χ0) is 20.1. The quantitative estimate of drug-likeness (QED) is 0.542. The molecule has 0 saturated heterocycles. The summed E-state index contributed by atoms with van der Waals surface area (Å²) in [6.45, 7) is 0. The zero-order valence-corrected chi connectivity index (χ0v) is 16.2. The summed E-state index contributed by atoms with van der Waals surface area (Å²) in [6, 6.07) is 18.0. The second kappa shape index (κ2) is 6.62. The number of Topliss-reactive ketones (excluding diaryl/α,β-unsaturated/α-hetero) is 1. The van der Waals surface area contributed by atoms with Gasteiger partial charge in [0, 0.05) is 35.6 Å². The molecule has 0 saturated carbocycles. The average molecular weight is 393 g/mol. The third-order valence-electron chi connectivity index (χ3n) is 5.92. The molecule has 30 heavy (non-hydrogen) atoms. The van der Waals surface area contributed by atoms with E-state index in [1.807, 2.05) is 41.1 Å². The summed E-state index contributed by atoms with van der Waals surface area (Å²) in [5.74, 6) is 1.51. The van der Waals surface area contributed by atoms with Gasteiger partial charge in [0.05, 0.1) is 0 Å². The zero-order valence-electron chi connectivity index (χ0n) is 16.2. The number of carbonyl (C=O) groups is 1. The number of allylic oxidation sites excluding steroid dienone is 2. The lowest BCUT2D eigenvalue weighted by Crippen LogP contribution is -2.31. The third-order valence-corrected chi connectivity index (χ3v) is 5.92. The Bertz CT molecular complexity index is 1320. The fraction of sp³-hybridized carbons (Fsp3) is 0.167. The van der Waals surface area contributed by atoms with Crippen molar-refractivity contribution in [3.05, 3.63) is 83.8 Å². The van der Waals surface area contributed by atoms with E-state index in [4.69, 9.17) is 10.1 Å². The molecule has 2 aromatic carbocycles. The maximum atomic E-state index is 12.9. The Balaban J connectivity index is 1.56. The van der Waals surface area contributed by atoms with Gasteiger partial charge in [-0.3, -0.25) is 9.78 Å². The highest BCUT2D eigenvalue weighted by molar-refractivity contribution is 5.99. The minimum absolute atomic E-state index is 0.179. The molecule has 2 aliphatic rings. The molecule has 0 fully saturated rings. The molecule has 0 spiro atoms. The molecule has 1 aliphatic heterocycles. The second-order valence-electron chi connectivity index (χ2n) is 7.71. The van der Waals surface area contributed by atoms with Gasteiger partial charge in [-0.1, -0.05) is 42.5 Å². The summed E-state index contributed by atoms with van der Waals surface area (Å²) < 4.78 is 1.86. The molecule has 1 unspecified atom stereocenters. The number of pyridine rings is 1. The van der Waals surface area contributed by atoms with Gasteiger partial charge in [-0.2, -0.15) is 4.98 Å². The lowest BCUT2D eigenvalue weighted by Gasteiger charge is -2.32. The molecule has 4 aromatic rings. The summed E-state index contributed by atoms with van der Waals surface area (Å²) in [4.78, 5) is 21.9. The number of carbonyl (C=O) groups excluding carboxylic acids is 1. The minimum atomic E-state index is -0.289. The van der Waals surface area contributed by atoms with Crippen molar-refractivity contribution in [2.45, 2.75) is 25.3 Å². The number of hydrogen-bond donors (Lipinski definition) is 1. The lowest BCUT2D eigenvalue weighted by atomic mass is 9.86. The second-order valence-corrected chi connectivity index (χ2v) is 7.71. The van der Waals surface area contributed by atoms with Crippen molar-refractivity contribution in [2.24, 2.45) is 0 Å². The Kier molecular flexibility index (Phi) is 3.77. The van der Waals surface area contributed by atoms with Crippen LogP contribution in [0.25, 0.3) is 22.2 Å². The molecule has 6 nitrogen and oxygen atoms in total. The van der Waals surface area contributed by atoms with Crippen LogP contribution < -0.4 is 5.32 Å². The van der Waals surface area contributed by atoms with Gasteiger partial charge in [0.25, 0.3) is 0 Å². The van der Waals surface area contributed by atoms with Crippen LogP contribution in [0.1, 0.15) is 30.9 Å². The summed E-state index contributed by atoms with van der Waals surface area (Å²) in [5.41, 5.74) is 3.74. The van der Waals surface area contributed by atoms with E-state index in [0.29, 0.717) is 18.2 Å². The summed E-state index contributed by atoms with van der Waals surface area (Å²) in [7, 11) is 0. The van der Waals surface area contributed by atoms with Gasteiger partial charge in [0.15, 0.2) is 11.6 Å². The maximum absolute atomic E-state index is 12.9. The number of fused-ring (bicyclic) bond motifs is 2. The highest BCUT2D eigenvalue weighted by atomic mass is 16.1. The number of anilines is 1. The summed E-state index contributed by atoms with van der Waals surface area (Å²) in [6.07, 6.45) is 5.79. The standard InChI is InChI=1S/C24H19N5O/c30-20-10-4-9-19-21(20)22(16-11-13-25-14-12-16)29-24(26-19)27-23(28-29)18-8-3-6-15-5-1-2-7-17(15)18/h1-3,5-8,11-14,22H,4,9-10H2,(H,26,27,28). The van der Waals surface area contributed by atoms with Crippen LogP contribution in [-0.4, -0.2) is 25.5 Å². The van der Waals surface area contributed by atoms with Crippen molar-refractivity contribution in [3.63, 3.8) is 0 Å². The molecule has 2 aromatic heterocycles. The first-order chi connectivity index (χ1) is 14.8. The van der Waals surface area contributed by atoms with Crippen LogP contribution in [0.3, 0.4) is 0 Å². The highest BCUT2D eigenvalue weighted by Gasteiger charge is 2.36. The van der Waals surface area contributed by atoms with Crippen LogP contribution in [-0.2, 0) is 4.79 Å². The fourth-order valence-electron chi connectivity index (χ4n) is 4.54. The van der Waals surface area contributed by atoms with Crippen molar-refractivity contribution in [2.75, 3.05) is 5.32 Å². The van der Waals surface area contributed by atoms with Crippen molar-refractivity contribution in [1.82, 2.24) is 19.7 Å². The van der Waals surface area contributed by atoms with E-state index in [-0.39, 0.29) is 11.8 Å². The first kappa shape index (κ1) is 17.1. The monoisotopic (exact) mass is 393 g/mol. The Labute approximate surface area is 173 Å². The Morgan fingerprint density at radius 2 is 1.80 bits per heavy atom. The van der Waals surface area contributed by atoms with E-state index in [1.165, 1.54) is 0 Å². The van der Waals surface area contributed by atoms with Crippen molar-refractivity contribution >= 4 is 22.5 Å². The molecule has 0 amide bonds. The van der Waals surface area contributed by atoms with Crippen LogP contribution in [0.5, 0.6) is 0 Å². The molecule has 1 aliphatic carbocycles. The van der Waals surface area contributed by atoms with Crippen molar-refractivity contribution in [1.29, 1.82) is 0 Å². The van der Waals surface area contributed by atoms with Gasteiger partial charge in [-0.25, -0.2) is 4.68 Å². The SMILES string of the molecule is O=C1CCCC2=C1C(c1ccncc1)n1nc(-c3cccc4ccccc34)nc1N2. The van der Waals surface area contributed by atoms with Gasteiger partial charge >= 0.3 is 0 Å². The number of nitrogens with zero attached hydrogens (tertiary/aromatic N) is 4. The number of aromatic nitrogens is 4. The van der Waals surface area contributed by atoms with Crippen LogP contribution in [0.15, 0.2) is 78.3 Å². The van der Waals surface area contributed by atoms with Crippen molar-refractivity contribution in [3.8, 4) is 11.4 Å². The molecule has 1 N–H and O–H groups in total. The van der Waals surface area contributed by atoms with E-state index in [2.05, 4.69) is 28.5 Å². The normalized spacial score (nSPS) is 18.1. The number of hydrogen-bond acceptors (Lipinski definition) is 5. The minimum Gasteiger partial charge on any atom is -0.328 e. The predicted molar refractivity (Wildman–Crippen MR) is 115 cm³/mol. The molecular weight excluding hydrogens is 374 g/mol. The van der Waals surface area contributed by atoms with Gasteiger partial charge in [-0.05, 0) is 41.3 Å². The fourth-order valence-corrected chi connectivity index (χ4v) is 4.54. The first-order valence-electron chi connectivity index (χ1n) is 10.2. The Morgan fingerprint density at radius 3 is 2.70 bits per heavy atom. The van der Waals surface area contributed by atoms with Crippen LogP contribution in [0.4, 0.5) is 5.95 Å². The predicted octanol–water partition coefficient (Wildman–Crippen LogP) is 4.52. The number of nitrogens with one attached hydrogen (secondary N) is 1. The van der Waals surface area contributed by atoms with Gasteiger partial charge < -0.3 is 5.32 Å². The van der Waals surface area contributed by atoms with Crippen LogP contribution in [0.2, 0.25) is 0 Å². The highest BCUT2D eigenvalue weighted by Crippen LogP contribution is 2.40. The van der Waals surface area contributed by atoms with Gasteiger partial charge in [0.1, 0.15) is 6.04 Å². The number of ketones is 1. The molecule has 1 atom stereocenters. The molecule has 6 heteroatoms. The Hall–Kier alpha value is -3.80. The van der Waals surface area contributed by atoms with Gasteiger partial charge in [0.2, 0.25) is 5.95 Å². The summed E-state index contributed by atoms with van der Waals surface area (Å²) >= 11 is 0. The molecular formula is C24H19N5O. The molecule has 0 radical (unpaired) electrons. The van der Waals surface area contributed by atoms with Gasteiger partial charge in [-0.15, -0.1) is 5.10 Å². The number of benzene rings is 2. The molecule has 146 valence electrons. The number of rotatable bonds is 2. The summed E-state index contributed by atoms with van der Waals surface area (Å²) in [5, 5.41) is 10.5. The maximum Gasteiger partial charge on any atom is 0.226 e. The van der Waals surface area contributed by atoms with E-state index in [1.54, 1.807) is 12.4 Å². The van der Waals surface area contributed by atoms with Crippen LogP contribution >= 0.6 is 0 Å². The molecule has 6 rings (SSSR count). The van der Waals surface area contributed by atoms with Crippen LogP contribution in [0, 0.1) is 0 Å².